The molecule has 0 fully saturated rings. The zero-order valence-electron chi connectivity index (χ0n) is 20.2. The molecule has 0 spiro atoms. The van der Waals surface area contributed by atoms with Crippen LogP contribution in [0, 0.1) is 3.57 Å². The Bertz CT molecular complexity index is 1130. The molecule has 11 heteroatoms. The van der Waals surface area contributed by atoms with Crippen LogP contribution < -0.4 is 10.1 Å². The van der Waals surface area contributed by atoms with Crippen molar-refractivity contribution in [2.45, 2.75) is 38.1 Å². The number of carbonyl (C=O) groups excluding carboxylic acids is 2. The topological polar surface area (TPSA) is 108 Å². The summed E-state index contributed by atoms with van der Waals surface area (Å²) in [6, 6.07) is 11.5. The number of amides is 2. The molecule has 1 aliphatic carbocycles. The summed E-state index contributed by atoms with van der Waals surface area (Å²) in [6.07, 6.45) is -0.426. The first-order valence-corrected chi connectivity index (χ1v) is 13.6. The third kappa shape index (κ3) is 8.05. The lowest BCUT2D eigenvalue weighted by Gasteiger charge is -2.40. The number of aliphatic hydroxyl groups is 2. The molecule has 8 nitrogen and oxygen atoms in total. The van der Waals surface area contributed by atoms with Gasteiger partial charge in [0.2, 0.25) is 11.8 Å². The molecule has 0 heterocycles. The molecule has 2 aromatic carbocycles. The Labute approximate surface area is 239 Å². The number of carbonyl (C=O) groups is 2. The number of hydrogen-bond donors (Lipinski definition) is 3. The van der Waals surface area contributed by atoms with Crippen LogP contribution in [0.1, 0.15) is 18.9 Å². The Hall–Kier alpha value is -1.89. The summed E-state index contributed by atoms with van der Waals surface area (Å²) >= 11 is 14.4. The fourth-order valence-corrected chi connectivity index (χ4v) is 4.80. The molecule has 0 radical (unpaired) electrons. The zero-order chi connectivity index (χ0) is 26.9. The highest BCUT2D eigenvalue weighted by Crippen LogP contribution is 2.31. The fraction of sp³-hybridized carbons (Fsp3) is 0.385. The van der Waals surface area contributed by atoms with Crippen LogP contribution in [0.15, 0.2) is 54.1 Å². The van der Waals surface area contributed by atoms with Crippen LogP contribution >= 0.6 is 45.8 Å². The van der Waals surface area contributed by atoms with Crippen LogP contribution in [-0.4, -0.2) is 71.5 Å². The molecular formula is C26H29Cl2IN2O6. The number of halogens is 3. The molecule has 0 bridgehead atoms. The van der Waals surface area contributed by atoms with Crippen molar-refractivity contribution in [2.24, 2.45) is 0 Å². The van der Waals surface area contributed by atoms with E-state index in [1.165, 1.54) is 4.90 Å². The Morgan fingerprint density at radius 1 is 1.19 bits per heavy atom. The minimum atomic E-state index is -1.15. The zero-order valence-corrected chi connectivity index (χ0v) is 23.9. The van der Waals surface area contributed by atoms with Crippen molar-refractivity contribution in [1.29, 1.82) is 0 Å². The van der Waals surface area contributed by atoms with E-state index >= 15 is 0 Å². The molecule has 2 aromatic rings. The summed E-state index contributed by atoms with van der Waals surface area (Å²) in [7, 11) is 0. The molecule has 0 saturated heterocycles. The molecule has 0 saturated carbocycles. The highest BCUT2D eigenvalue weighted by Gasteiger charge is 2.40. The maximum atomic E-state index is 13.3. The first kappa shape index (κ1) is 29.7. The van der Waals surface area contributed by atoms with Crippen molar-refractivity contribution in [2.75, 3.05) is 26.4 Å². The monoisotopic (exact) mass is 662 g/mol. The van der Waals surface area contributed by atoms with Crippen molar-refractivity contribution >= 4 is 57.6 Å². The summed E-state index contributed by atoms with van der Waals surface area (Å²) in [5.41, 5.74) is 1.03. The Morgan fingerprint density at radius 2 is 1.95 bits per heavy atom. The number of benzene rings is 2. The SMILES string of the molecule is CCOCC(=O)N(Cc1ccc(Cl)c(Cl)c1)C1CC(C(=O)NCCO)=CC(Oc2ccccc2I)C1O. The average molecular weight is 663 g/mol. The summed E-state index contributed by atoms with van der Waals surface area (Å²) in [5, 5.41) is 24.0. The third-order valence-electron chi connectivity index (χ3n) is 5.80. The summed E-state index contributed by atoms with van der Waals surface area (Å²) < 4.78 is 12.3. The molecule has 3 atom stereocenters. The Kier molecular flexibility index (Phi) is 11.5. The van der Waals surface area contributed by atoms with E-state index in [-0.39, 0.29) is 38.6 Å². The molecule has 3 unspecified atom stereocenters. The van der Waals surface area contributed by atoms with Crippen molar-refractivity contribution in [3.8, 4) is 5.75 Å². The normalized spacial score (nSPS) is 19.2. The standard InChI is InChI=1S/C26H29Cl2IN2O6/c1-2-36-15-24(33)31(14-16-7-8-18(27)19(28)11-16)21-12-17(26(35)30-9-10-32)13-23(25(21)34)37-22-6-4-3-5-20(22)29/h3-8,11,13,21,23,25,32,34H,2,9-10,12,14-15H2,1H3,(H,30,35). The molecular weight excluding hydrogens is 634 g/mol. The van der Waals surface area contributed by atoms with Crippen LogP contribution in [0.3, 0.4) is 0 Å². The van der Waals surface area contributed by atoms with Gasteiger partial charge in [0.05, 0.1) is 26.3 Å². The highest BCUT2D eigenvalue weighted by atomic mass is 127. The minimum Gasteiger partial charge on any atom is -0.482 e. The van der Waals surface area contributed by atoms with Gasteiger partial charge in [0.1, 0.15) is 24.6 Å². The van der Waals surface area contributed by atoms with Gasteiger partial charge < -0.3 is 29.9 Å². The second kappa shape index (κ2) is 14.3. The summed E-state index contributed by atoms with van der Waals surface area (Å²) in [5.74, 6) is -0.230. The van der Waals surface area contributed by atoms with Gasteiger partial charge in [-0.2, -0.15) is 0 Å². The van der Waals surface area contributed by atoms with E-state index in [9.17, 15) is 14.7 Å². The summed E-state index contributed by atoms with van der Waals surface area (Å²) in [6.45, 7) is 1.88. The number of hydrogen-bond acceptors (Lipinski definition) is 6. The van der Waals surface area contributed by atoms with Crippen molar-refractivity contribution in [3.05, 3.63) is 73.3 Å². The number of nitrogens with one attached hydrogen (secondary N) is 1. The first-order valence-electron chi connectivity index (χ1n) is 11.7. The van der Waals surface area contributed by atoms with Gasteiger partial charge in [-0.25, -0.2) is 0 Å². The van der Waals surface area contributed by atoms with E-state index in [1.807, 2.05) is 18.2 Å². The second-order valence-corrected chi connectivity index (χ2v) is 10.3. The molecule has 0 aliphatic heterocycles. The molecule has 3 N–H and O–H groups in total. The van der Waals surface area contributed by atoms with E-state index < -0.39 is 24.2 Å². The van der Waals surface area contributed by atoms with Gasteiger partial charge in [0, 0.05) is 31.7 Å². The lowest BCUT2D eigenvalue weighted by atomic mass is 9.88. The Balaban J connectivity index is 1.98. The smallest absolute Gasteiger partial charge is 0.249 e. The average Bonchev–Trinajstić information content (AvgIpc) is 2.89. The van der Waals surface area contributed by atoms with Gasteiger partial charge in [-0.15, -0.1) is 0 Å². The quantitative estimate of drug-likeness (QED) is 0.318. The van der Waals surface area contributed by atoms with Crippen LogP contribution in [0.2, 0.25) is 10.0 Å². The first-order chi connectivity index (χ1) is 17.7. The highest BCUT2D eigenvalue weighted by molar-refractivity contribution is 14.1. The lowest BCUT2D eigenvalue weighted by molar-refractivity contribution is -0.144. The predicted molar refractivity (Wildman–Crippen MR) is 150 cm³/mol. The van der Waals surface area contributed by atoms with E-state index in [2.05, 4.69) is 27.9 Å². The maximum absolute atomic E-state index is 13.3. The number of aliphatic hydroxyl groups excluding tert-OH is 2. The molecule has 3 rings (SSSR count). The number of rotatable bonds is 11. The minimum absolute atomic E-state index is 0.0712. The molecule has 1 aliphatic rings. The Morgan fingerprint density at radius 3 is 2.62 bits per heavy atom. The lowest BCUT2D eigenvalue weighted by Crippen LogP contribution is -2.55. The van der Waals surface area contributed by atoms with E-state index in [1.54, 1.807) is 37.3 Å². The van der Waals surface area contributed by atoms with Crippen LogP contribution in [-0.2, 0) is 20.9 Å². The van der Waals surface area contributed by atoms with Crippen molar-refractivity contribution in [3.63, 3.8) is 0 Å². The van der Waals surface area contributed by atoms with Gasteiger partial charge in [0.15, 0.2) is 0 Å². The maximum Gasteiger partial charge on any atom is 0.249 e. The summed E-state index contributed by atoms with van der Waals surface area (Å²) in [4.78, 5) is 27.7. The van der Waals surface area contributed by atoms with Crippen LogP contribution in [0.5, 0.6) is 5.75 Å². The van der Waals surface area contributed by atoms with Gasteiger partial charge in [-0.05, 0) is 65.4 Å². The fourth-order valence-electron chi connectivity index (χ4n) is 3.96. The van der Waals surface area contributed by atoms with E-state index in [4.69, 9.17) is 37.8 Å². The molecule has 2 amide bonds. The predicted octanol–water partition coefficient (Wildman–Crippen LogP) is 3.58. The van der Waals surface area contributed by atoms with Crippen LogP contribution in [0.4, 0.5) is 0 Å². The van der Waals surface area contributed by atoms with Crippen molar-refractivity contribution in [1.82, 2.24) is 10.2 Å². The number of para-hydroxylation sites is 1. The number of ether oxygens (including phenoxy) is 2. The third-order valence-corrected chi connectivity index (χ3v) is 7.43. The van der Waals surface area contributed by atoms with E-state index in [0.29, 0.717) is 33.5 Å². The second-order valence-electron chi connectivity index (χ2n) is 8.35. The van der Waals surface area contributed by atoms with Gasteiger partial charge in [-0.3, -0.25) is 9.59 Å². The van der Waals surface area contributed by atoms with Gasteiger partial charge in [0.25, 0.3) is 0 Å². The molecule has 0 aromatic heterocycles. The van der Waals surface area contributed by atoms with Crippen LogP contribution in [0.25, 0.3) is 0 Å². The van der Waals surface area contributed by atoms with Crippen molar-refractivity contribution < 1.29 is 29.3 Å². The van der Waals surface area contributed by atoms with E-state index in [0.717, 1.165) is 3.57 Å². The van der Waals surface area contributed by atoms with Gasteiger partial charge in [-0.1, -0.05) is 41.4 Å². The molecule has 37 heavy (non-hydrogen) atoms. The largest absolute Gasteiger partial charge is 0.482 e. The molecule has 200 valence electrons. The van der Waals surface area contributed by atoms with Gasteiger partial charge >= 0.3 is 0 Å². The number of nitrogens with zero attached hydrogens (tertiary/aromatic N) is 1.